The molecule has 0 saturated carbocycles. The van der Waals surface area contributed by atoms with Gasteiger partial charge in [0.05, 0.1) is 0 Å². The molecule has 2 unspecified atom stereocenters. The van der Waals surface area contributed by atoms with Crippen molar-refractivity contribution < 1.29 is 14.7 Å². The summed E-state index contributed by atoms with van der Waals surface area (Å²) < 4.78 is 1.56. The van der Waals surface area contributed by atoms with E-state index in [9.17, 15) is 9.59 Å². The fourth-order valence-corrected chi connectivity index (χ4v) is 1.63. The van der Waals surface area contributed by atoms with E-state index in [0.717, 1.165) is 6.42 Å². The van der Waals surface area contributed by atoms with Crippen LogP contribution in [-0.2, 0) is 9.59 Å². The van der Waals surface area contributed by atoms with E-state index in [0.29, 0.717) is 6.54 Å². The third-order valence-electron chi connectivity index (χ3n) is 2.91. The number of nitrogens with one attached hydrogen (secondary N) is 1. The molecule has 2 N–H and O–H groups in total. The highest BCUT2D eigenvalue weighted by Crippen LogP contribution is 2.08. The van der Waals surface area contributed by atoms with E-state index in [1.54, 1.807) is 30.1 Å². The van der Waals surface area contributed by atoms with Gasteiger partial charge in [-0.2, -0.15) is 5.10 Å². The SMILES string of the molecule is CCC(CNC(=O)C(C)n1cccn1)CC(=O)O. The Balaban J connectivity index is 2.42. The molecule has 6 nitrogen and oxygen atoms in total. The Morgan fingerprint density at radius 2 is 2.22 bits per heavy atom. The highest BCUT2D eigenvalue weighted by atomic mass is 16.4. The fraction of sp³-hybridized carbons (Fsp3) is 0.583. The highest BCUT2D eigenvalue weighted by Gasteiger charge is 2.17. The zero-order valence-electron chi connectivity index (χ0n) is 10.7. The number of hydrogen-bond acceptors (Lipinski definition) is 3. The molecule has 6 heteroatoms. The van der Waals surface area contributed by atoms with Crippen molar-refractivity contribution in [2.24, 2.45) is 5.92 Å². The lowest BCUT2D eigenvalue weighted by Gasteiger charge is -2.16. The van der Waals surface area contributed by atoms with Crippen molar-refractivity contribution in [2.45, 2.75) is 32.7 Å². The van der Waals surface area contributed by atoms with Gasteiger partial charge in [0.15, 0.2) is 0 Å². The van der Waals surface area contributed by atoms with Gasteiger partial charge in [-0.05, 0) is 18.9 Å². The quantitative estimate of drug-likeness (QED) is 0.761. The molecule has 0 aliphatic heterocycles. The van der Waals surface area contributed by atoms with Crippen LogP contribution < -0.4 is 5.32 Å². The highest BCUT2D eigenvalue weighted by molar-refractivity contribution is 5.79. The lowest BCUT2D eigenvalue weighted by molar-refractivity contribution is -0.138. The van der Waals surface area contributed by atoms with Crippen molar-refractivity contribution in [3.8, 4) is 0 Å². The first-order valence-electron chi connectivity index (χ1n) is 6.03. The number of rotatable bonds is 7. The van der Waals surface area contributed by atoms with Crippen molar-refractivity contribution in [3.63, 3.8) is 0 Å². The van der Waals surface area contributed by atoms with Crippen LogP contribution in [0.1, 0.15) is 32.7 Å². The molecule has 1 rings (SSSR count). The van der Waals surface area contributed by atoms with Crippen LogP contribution in [0.2, 0.25) is 0 Å². The zero-order chi connectivity index (χ0) is 13.5. The lowest BCUT2D eigenvalue weighted by atomic mass is 10.0. The minimum Gasteiger partial charge on any atom is -0.481 e. The molecule has 1 aromatic heterocycles. The third-order valence-corrected chi connectivity index (χ3v) is 2.91. The zero-order valence-corrected chi connectivity index (χ0v) is 10.7. The van der Waals surface area contributed by atoms with Crippen LogP contribution in [0.3, 0.4) is 0 Å². The average molecular weight is 253 g/mol. The number of hydrogen-bond donors (Lipinski definition) is 2. The summed E-state index contributed by atoms with van der Waals surface area (Å²) in [6.45, 7) is 4.05. The fourth-order valence-electron chi connectivity index (χ4n) is 1.63. The van der Waals surface area contributed by atoms with Gasteiger partial charge in [-0.1, -0.05) is 13.3 Å². The van der Waals surface area contributed by atoms with Gasteiger partial charge in [0.1, 0.15) is 6.04 Å². The molecule has 0 bridgehead atoms. The number of aromatic nitrogens is 2. The summed E-state index contributed by atoms with van der Waals surface area (Å²) in [6.07, 6.45) is 4.14. The Morgan fingerprint density at radius 3 is 2.72 bits per heavy atom. The van der Waals surface area contributed by atoms with E-state index in [1.807, 2.05) is 6.92 Å². The standard InChI is InChI=1S/C12H19N3O3/c1-3-10(7-11(16)17)8-13-12(18)9(2)15-6-4-5-14-15/h4-6,9-10H,3,7-8H2,1-2H3,(H,13,18)(H,16,17). The second-order valence-corrected chi connectivity index (χ2v) is 4.28. The first-order chi connectivity index (χ1) is 8.54. The maximum Gasteiger partial charge on any atom is 0.303 e. The van der Waals surface area contributed by atoms with Crippen LogP contribution in [0, 0.1) is 5.92 Å². The predicted molar refractivity (Wildman–Crippen MR) is 66.0 cm³/mol. The summed E-state index contributed by atoms with van der Waals surface area (Å²) in [6, 6.07) is 1.37. The Bertz CT molecular complexity index is 389. The van der Waals surface area contributed by atoms with Crippen molar-refractivity contribution in [2.75, 3.05) is 6.54 Å². The Morgan fingerprint density at radius 1 is 1.50 bits per heavy atom. The molecule has 0 radical (unpaired) electrons. The second-order valence-electron chi connectivity index (χ2n) is 4.28. The molecule has 100 valence electrons. The molecule has 1 amide bonds. The van der Waals surface area contributed by atoms with Crippen LogP contribution in [-0.4, -0.2) is 33.3 Å². The number of nitrogens with zero attached hydrogens (tertiary/aromatic N) is 2. The number of carbonyl (C=O) groups excluding carboxylic acids is 1. The summed E-state index contributed by atoms with van der Waals surface area (Å²) in [5.41, 5.74) is 0. The van der Waals surface area contributed by atoms with E-state index in [2.05, 4.69) is 10.4 Å². The summed E-state index contributed by atoms with van der Waals surface area (Å²) in [5, 5.41) is 15.5. The van der Waals surface area contributed by atoms with Gasteiger partial charge in [0.2, 0.25) is 5.91 Å². The van der Waals surface area contributed by atoms with Gasteiger partial charge in [-0.3, -0.25) is 14.3 Å². The van der Waals surface area contributed by atoms with E-state index in [1.165, 1.54) is 0 Å². The lowest BCUT2D eigenvalue weighted by Crippen LogP contribution is -2.35. The number of carboxylic acid groups (broad SMARTS) is 1. The van der Waals surface area contributed by atoms with Gasteiger partial charge >= 0.3 is 5.97 Å². The predicted octanol–water partition coefficient (Wildman–Crippen LogP) is 1.06. The molecule has 2 atom stereocenters. The summed E-state index contributed by atoms with van der Waals surface area (Å²) in [5.74, 6) is -1.02. The molecule has 18 heavy (non-hydrogen) atoms. The van der Waals surface area contributed by atoms with Crippen molar-refractivity contribution in [3.05, 3.63) is 18.5 Å². The van der Waals surface area contributed by atoms with E-state index in [-0.39, 0.29) is 24.3 Å². The summed E-state index contributed by atoms with van der Waals surface area (Å²) in [4.78, 5) is 22.4. The average Bonchev–Trinajstić information content (AvgIpc) is 2.86. The molecule has 0 aromatic carbocycles. The molecular formula is C12H19N3O3. The molecule has 1 heterocycles. The van der Waals surface area contributed by atoms with E-state index < -0.39 is 5.97 Å². The first-order valence-corrected chi connectivity index (χ1v) is 6.03. The normalized spacial score (nSPS) is 13.9. The molecule has 0 aliphatic carbocycles. The number of amides is 1. The van der Waals surface area contributed by atoms with Crippen LogP contribution in [0.4, 0.5) is 0 Å². The molecular weight excluding hydrogens is 234 g/mol. The number of carbonyl (C=O) groups is 2. The van der Waals surface area contributed by atoms with Crippen LogP contribution in [0.5, 0.6) is 0 Å². The topological polar surface area (TPSA) is 84.2 Å². The maximum absolute atomic E-state index is 11.8. The Kier molecular flexibility index (Phi) is 5.35. The largest absolute Gasteiger partial charge is 0.481 e. The first kappa shape index (κ1) is 14.2. The molecule has 0 fully saturated rings. The van der Waals surface area contributed by atoms with Gasteiger partial charge in [0, 0.05) is 25.4 Å². The molecule has 1 aromatic rings. The maximum atomic E-state index is 11.8. The van der Waals surface area contributed by atoms with Crippen LogP contribution in [0.25, 0.3) is 0 Å². The van der Waals surface area contributed by atoms with Crippen molar-refractivity contribution >= 4 is 11.9 Å². The van der Waals surface area contributed by atoms with E-state index in [4.69, 9.17) is 5.11 Å². The second kappa shape index (κ2) is 6.78. The van der Waals surface area contributed by atoms with Crippen LogP contribution in [0.15, 0.2) is 18.5 Å². The molecule has 0 aliphatic rings. The van der Waals surface area contributed by atoms with Gasteiger partial charge in [0.25, 0.3) is 0 Å². The minimum absolute atomic E-state index is 0.0312. The molecule has 0 spiro atoms. The monoisotopic (exact) mass is 253 g/mol. The van der Waals surface area contributed by atoms with Gasteiger partial charge in [-0.25, -0.2) is 0 Å². The Labute approximate surface area is 106 Å². The summed E-state index contributed by atoms with van der Waals surface area (Å²) >= 11 is 0. The van der Waals surface area contributed by atoms with Gasteiger partial charge in [-0.15, -0.1) is 0 Å². The molecule has 0 saturated heterocycles. The van der Waals surface area contributed by atoms with E-state index >= 15 is 0 Å². The Hall–Kier alpha value is -1.85. The van der Waals surface area contributed by atoms with Crippen molar-refractivity contribution in [1.82, 2.24) is 15.1 Å². The minimum atomic E-state index is -0.837. The smallest absolute Gasteiger partial charge is 0.303 e. The van der Waals surface area contributed by atoms with Gasteiger partial charge < -0.3 is 10.4 Å². The van der Waals surface area contributed by atoms with Crippen molar-refractivity contribution in [1.29, 1.82) is 0 Å². The summed E-state index contributed by atoms with van der Waals surface area (Å²) in [7, 11) is 0. The van der Waals surface area contributed by atoms with Crippen LogP contribution >= 0.6 is 0 Å². The number of carboxylic acids is 1. The third kappa shape index (κ3) is 4.20. The number of aliphatic carboxylic acids is 1.